The fraction of sp³-hybridized carbons (Fsp3) is 0.481. The number of aromatic nitrogens is 1. The molecule has 1 saturated carbocycles. The second-order valence-corrected chi connectivity index (χ2v) is 10.8. The van der Waals surface area contributed by atoms with E-state index in [1.165, 1.54) is 5.56 Å². The quantitative estimate of drug-likeness (QED) is 0.229. The van der Waals surface area contributed by atoms with Crippen LogP contribution in [-0.4, -0.2) is 17.2 Å². The summed E-state index contributed by atoms with van der Waals surface area (Å²) >= 11 is 16.3. The van der Waals surface area contributed by atoms with Crippen LogP contribution in [0, 0.1) is 0 Å². The maximum absolute atomic E-state index is 11.7. The number of urea groups is 1. The van der Waals surface area contributed by atoms with Gasteiger partial charge in [-0.15, -0.1) is 0 Å². The highest BCUT2D eigenvalue weighted by Crippen LogP contribution is 2.36. The zero-order valence-corrected chi connectivity index (χ0v) is 23.5. The minimum atomic E-state index is -0.238. The van der Waals surface area contributed by atoms with E-state index >= 15 is 0 Å². The van der Waals surface area contributed by atoms with Gasteiger partial charge < -0.3 is 14.6 Å². The number of nitrogens with one attached hydrogen (secondary N) is 2. The highest BCUT2D eigenvalue weighted by atomic mass is 35.5. The molecule has 2 amide bonds. The van der Waals surface area contributed by atoms with E-state index in [2.05, 4.69) is 46.7 Å². The Morgan fingerprint density at radius 2 is 1.89 bits per heavy atom. The third-order valence-electron chi connectivity index (χ3n) is 6.59. The van der Waals surface area contributed by atoms with E-state index < -0.39 is 0 Å². The summed E-state index contributed by atoms with van der Waals surface area (Å²) < 4.78 is 14.1. The molecule has 6 nitrogen and oxygen atoms in total. The molecule has 0 bridgehead atoms. The standard InChI is InChI=1S/C27H35Cl2N3O3S/c1-16(2)26-23(25(31-35-26)24(17(3)28)18(4)29)15-34-22-13-10-20(11-14-22)19-7-5-6-8-21(12-9-19)30-27(33)32-36/h10-11,13-14,16,19,21,36H,3,5-9,12,15H2,1-2,4H3,(H2,30,32,33)/b24-18-. The van der Waals surface area contributed by atoms with Crippen LogP contribution in [0.2, 0.25) is 0 Å². The van der Waals surface area contributed by atoms with Crippen LogP contribution < -0.4 is 14.8 Å². The summed E-state index contributed by atoms with van der Waals surface area (Å²) in [6.45, 7) is 9.92. The smallest absolute Gasteiger partial charge is 0.324 e. The Morgan fingerprint density at radius 3 is 2.50 bits per heavy atom. The van der Waals surface area contributed by atoms with Gasteiger partial charge in [-0.3, -0.25) is 4.72 Å². The van der Waals surface area contributed by atoms with Gasteiger partial charge in [0.2, 0.25) is 0 Å². The highest BCUT2D eigenvalue weighted by molar-refractivity contribution is 7.78. The molecule has 1 aromatic heterocycles. The van der Waals surface area contributed by atoms with Crippen molar-refractivity contribution >= 4 is 47.6 Å². The number of carbonyl (C=O) groups excluding carboxylic acids is 1. The number of rotatable bonds is 8. The summed E-state index contributed by atoms with van der Waals surface area (Å²) in [6, 6.07) is 8.22. The Morgan fingerprint density at radius 1 is 1.19 bits per heavy atom. The zero-order valence-electron chi connectivity index (χ0n) is 21.1. The maximum atomic E-state index is 11.7. The van der Waals surface area contributed by atoms with Gasteiger partial charge in [0.05, 0.1) is 5.56 Å². The lowest BCUT2D eigenvalue weighted by atomic mass is 9.84. The molecule has 1 aliphatic carbocycles. The van der Waals surface area contributed by atoms with Crippen LogP contribution in [0.25, 0.3) is 5.57 Å². The summed E-state index contributed by atoms with van der Waals surface area (Å²) in [5.41, 5.74) is 3.23. The van der Waals surface area contributed by atoms with Crippen molar-refractivity contribution in [3.05, 3.63) is 63.5 Å². The SMILES string of the molecule is C=C(Cl)/C(=C(\C)Cl)c1noc(C(C)C)c1COc1ccc(C2CCCCC(NC(=O)NS)CC2)cc1. The number of amides is 2. The zero-order chi connectivity index (χ0) is 26.2. The number of hydrogen-bond acceptors (Lipinski definition) is 5. The van der Waals surface area contributed by atoms with Crippen molar-refractivity contribution in [2.45, 2.75) is 83.8 Å². The molecule has 0 saturated heterocycles. The van der Waals surface area contributed by atoms with E-state index in [0.29, 0.717) is 27.2 Å². The molecule has 3 rings (SSSR count). The molecule has 2 N–H and O–H groups in total. The van der Waals surface area contributed by atoms with Gasteiger partial charge in [-0.1, -0.05) is 86.6 Å². The molecule has 2 atom stereocenters. The summed E-state index contributed by atoms with van der Waals surface area (Å²) in [5.74, 6) is 2.06. The Balaban J connectivity index is 1.70. The lowest BCUT2D eigenvalue weighted by molar-refractivity contribution is 0.239. The average molecular weight is 553 g/mol. The number of ether oxygens (including phenoxy) is 1. The second kappa shape index (κ2) is 13.5. The first-order valence-electron chi connectivity index (χ1n) is 12.3. The fourth-order valence-electron chi connectivity index (χ4n) is 4.75. The second-order valence-electron chi connectivity index (χ2n) is 9.54. The van der Waals surface area contributed by atoms with Crippen LogP contribution in [0.5, 0.6) is 5.75 Å². The van der Waals surface area contributed by atoms with Crippen molar-refractivity contribution in [2.75, 3.05) is 0 Å². The summed E-state index contributed by atoms with van der Waals surface area (Å²) in [6.07, 6.45) is 6.35. The lowest BCUT2D eigenvalue weighted by Crippen LogP contribution is -2.39. The van der Waals surface area contributed by atoms with Gasteiger partial charge in [-0.05, 0) is 56.2 Å². The molecule has 1 aromatic carbocycles. The van der Waals surface area contributed by atoms with Gasteiger partial charge in [0.25, 0.3) is 0 Å². The topological polar surface area (TPSA) is 76.4 Å². The summed E-state index contributed by atoms with van der Waals surface area (Å²) in [4.78, 5) is 11.7. The van der Waals surface area contributed by atoms with Gasteiger partial charge in [0.15, 0.2) is 0 Å². The predicted molar refractivity (Wildman–Crippen MR) is 150 cm³/mol. The van der Waals surface area contributed by atoms with Crippen molar-refractivity contribution in [2.24, 2.45) is 0 Å². The Kier molecular flexibility index (Phi) is 10.6. The minimum absolute atomic E-state index is 0.115. The van der Waals surface area contributed by atoms with Gasteiger partial charge in [0, 0.05) is 27.6 Å². The lowest BCUT2D eigenvalue weighted by Gasteiger charge is -2.26. The molecule has 2 aromatic rings. The van der Waals surface area contributed by atoms with Crippen LogP contribution in [0.1, 0.15) is 93.7 Å². The molecule has 196 valence electrons. The molecular weight excluding hydrogens is 517 g/mol. The number of allylic oxidation sites excluding steroid dienone is 3. The molecule has 0 radical (unpaired) electrons. The normalized spacial score (nSPS) is 19.2. The van der Waals surface area contributed by atoms with Crippen molar-refractivity contribution in [3.63, 3.8) is 0 Å². The van der Waals surface area contributed by atoms with E-state index in [1.807, 2.05) is 26.0 Å². The van der Waals surface area contributed by atoms with Crippen LogP contribution in [-0.2, 0) is 6.61 Å². The van der Waals surface area contributed by atoms with Crippen LogP contribution in [0.15, 0.2) is 45.4 Å². The largest absolute Gasteiger partial charge is 0.489 e. The molecule has 1 fully saturated rings. The first kappa shape index (κ1) is 28.5. The summed E-state index contributed by atoms with van der Waals surface area (Å²) in [7, 11) is 0. The molecule has 2 unspecified atom stereocenters. The first-order chi connectivity index (χ1) is 17.2. The fourth-order valence-corrected chi connectivity index (χ4v) is 5.30. The van der Waals surface area contributed by atoms with Crippen molar-refractivity contribution in [3.8, 4) is 5.75 Å². The Hall–Kier alpha value is -2.09. The number of halogens is 2. The third-order valence-corrected chi connectivity index (χ3v) is 7.17. The summed E-state index contributed by atoms with van der Waals surface area (Å²) in [5, 5.41) is 8.04. The average Bonchev–Trinajstić information content (AvgIpc) is 3.23. The number of nitrogens with zero attached hydrogens (tertiary/aromatic N) is 1. The van der Waals surface area contributed by atoms with Gasteiger partial charge in [-0.2, -0.15) is 0 Å². The first-order valence-corrected chi connectivity index (χ1v) is 13.5. The van der Waals surface area contributed by atoms with Crippen LogP contribution >= 0.6 is 36.0 Å². The van der Waals surface area contributed by atoms with Crippen molar-refractivity contribution in [1.29, 1.82) is 0 Å². The number of thiol groups is 1. The van der Waals surface area contributed by atoms with E-state index in [-0.39, 0.29) is 24.6 Å². The molecule has 1 aliphatic rings. The van der Waals surface area contributed by atoms with Gasteiger partial charge >= 0.3 is 6.03 Å². The van der Waals surface area contributed by atoms with E-state index in [9.17, 15) is 4.79 Å². The maximum Gasteiger partial charge on any atom is 0.324 e. The van der Waals surface area contributed by atoms with Gasteiger partial charge in [-0.25, -0.2) is 4.79 Å². The third kappa shape index (κ3) is 7.46. The van der Waals surface area contributed by atoms with E-state index in [1.54, 1.807) is 6.92 Å². The Labute approximate surface area is 229 Å². The van der Waals surface area contributed by atoms with Gasteiger partial charge in [0.1, 0.15) is 23.8 Å². The van der Waals surface area contributed by atoms with Crippen LogP contribution in [0.4, 0.5) is 4.79 Å². The highest BCUT2D eigenvalue weighted by Gasteiger charge is 2.24. The number of carbonyl (C=O) groups is 1. The van der Waals surface area contributed by atoms with Crippen molar-refractivity contribution < 1.29 is 14.1 Å². The molecule has 36 heavy (non-hydrogen) atoms. The van der Waals surface area contributed by atoms with E-state index in [4.69, 9.17) is 32.5 Å². The number of hydrogen-bond donors (Lipinski definition) is 3. The van der Waals surface area contributed by atoms with E-state index in [0.717, 1.165) is 55.6 Å². The molecule has 0 aliphatic heterocycles. The molecule has 9 heteroatoms. The van der Waals surface area contributed by atoms with Crippen LogP contribution in [0.3, 0.4) is 0 Å². The molecule has 1 heterocycles. The molecular formula is C27H35Cl2N3O3S. The Bertz CT molecular complexity index is 1080. The molecule has 0 spiro atoms. The number of benzene rings is 1. The minimum Gasteiger partial charge on any atom is -0.489 e. The van der Waals surface area contributed by atoms with Crippen molar-refractivity contribution in [1.82, 2.24) is 15.2 Å². The predicted octanol–water partition coefficient (Wildman–Crippen LogP) is 8.05. The monoisotopic (exact) mass is 551 g/mol.